The lowest BCUT2D eigenvalue weighted by Crippen LogP contribution is -2.62. The van der Waals surface area contributed by atoms with Gasteiger partial charge in [0.15, 0.2) is 5.79 Å². The lowest BCUT2D eigenvalue weighted by molar-refractivity contribution is -0.171. The number of nitrogens with zero attached hydrogens (tertiary/aromatic N) is 1. The van der Waals surface area contributed by atoms with Gasteiger partial charge in [0, 0.05) is 5.54 Å². The van der Waals surface area contributed by atoms with Gasteiger partial charge in [-0.1, -0.05) is 26.8 Å². The maximum atomic E-state index is 13.9. The van der Waals surface area contributed by atoms with Crippen molar-refractivity contribution in [1.82, 2.24) is 20.9 Å². The van der Waals surface area contributed by atoms with Crippen LogP contribution in [0, 0.1) is 5.41 Å². The van der Waals surface area contributed by atoms with Crippen LogP contribution >= 0.6 is 0 Å². The van der Waals surface area contributed by atoms with Crippen LogP contribution in [-0.4, -0.2) is 82.6 Å². The number of carbonyl (C=O) groups excluding carboxylic acids is 5. The highest BCUT2D eigenvalue weighted by molar-refractivity contribution is 6.37. The van der Waals surface area contributed by atoms with Crippen molar-refractivity contribution in [1.29, 1.82) is 0 Å². The number of primary amides is 1. The number of rotatable bonds is 9. The molecular weight excluding hydrogens is 494 g/mol. The van der Waals surface area contributed by atoms with Crippen molar-refractivity contribution in [2.75, 3.05) is 6.54 Å². The molecule has 38 heavy (non-hydrogen) atoms. The normalized spacial score (nSPS) is 24.1. The van der Waals surface area contributed by atoms with Gasteiger partial charge in [0.25, 0.3) is 5.91 Å². The summed E-state index contributed by atoms with van der Waals surface area (Å²) in [6.45, 7) is 17.9. The Morgan fingerprint density at radius 2 is 1.68 bits per heavy atom. The van der Waals surface area contributed by atoms with E-state index < -0.39 is 76.6 Å². The van der Waals surface area contributed by atoms with E-state index in [4.69, 9.17) is 15.2 Å². The fourth-order valence-corrected chi connectivity index (χ4v) is 4.58. The molecule has 12 heteroatoms. The van der Waals surface area contributed by atoms with Crippen molar-refractivity contribution >= 4 is 29.5 Å². The molecule has 0 aromatic heterocycles. The van der Waals surface area contributed by atoms with Gasteiger partial charge in [-0.15, -0.1) is 6.58 Å². The Bertz CT molecular complexity index is 966. The molecule has 2 heterocycles. The zero-order valence-electron chi connectivity index (χ0n) is 23.7. The second-order valence-electron chi connectivity index (χ2n) is 12.4. The Labute approximate surface area is 224 Å². The summed E-state index contributed by atoms with van der Waals surface area (Å²) in [5.74, 6) is -4.33. The maximum absolute atomic E-state index is 13.9. The van der Waals surface area contributed by atoms with Crippen LogP contribution in [0.15, 0.2) is 12.7 Å². The van der Waals surface area contributed by atoms with Gasteiger partial charge in [-0.25, -0.2) is 4.79 Å². The van der Waals surface area contributed by atoms with Crippen LogP contribution in [0.3, 0.4) is 0 Å². The number of likely N-dealkylation sites (tertiary alicyclic amines) is 1. The van der Waals surface area contributed by atoms with Crippen LogP contribution < -0.4 is 21.7 Å². The van der Waals surface area contributed by atoms with E-state index >= 15 is 0 Å². The molecule has 0 spiro atoms. The maximum Gasteiger partial charge on any atom is 0.315 e. The van der Waals surface area contributed by atoms with E-state index in [0.717, 1.165) is 0 Å². The first kappa shape index (κ1) is 31.2. The quantitative estimate of drug-likeness (QED) is 0.248. The van der Waals surface area contributed by atoms with Gasteiger partial charge in [-0.05, 0) is 52.9 Å². The molecule has 12 nitrogen and oxygen atoms in total. The van der Waals surface area contributed by atoms with Gasteiger partial charge in [-0.3, -0.25) is 19.2 Å². The standard InChI is InChI=1S/C26H43N5O7/c1-10-11-12-14(17(32)20(27)33)28-21(34)16-18-15(37-26(8,9)38-18)13-31(16)22(35)19(24(2,3)4)29-23(36)30-25(5,6)7/h10,14-16,18-19H,1,11-13H2,2-9H3,(H2,27,33)(H,28,34)(H2,29,30,36)/t14?,15?,16-,18?,19+/m0/s1. The van der Waals surface area contributed by atoms with Crippen molar-refractivity contribution in [2.24, 2.45) is 11.1 Å². The number of urea groups is 1. The molecule has 0 bridgehead atoms. The highest BCUT2D eigenvalue weighted by atomic mass is 16.8. The Balaban J connectivity index is 2.40. The van der Waals surface area contributed by atoms with Crippen LogP contribution in [-0.2, 0) is 28.7 Å². The summed E-state index contributed by atoms with van der Waals surface area (Å²) in [6.07, 6.45) is 0.546. The molecule has 0 aromatic rings. The predicted octanol–water partition coefficient (Wildman–Crippen LogP) is 0.735. The minimum absolute atomic E-state index is 0.0290. The zero-order valence-corrected chi connectivity index (χ0v) is 23.7. The third-order valence-corrected chi connectivity index (χ3v) is 6.21. The van der Waals surface area contributed by atoms with Gasteiger partial charge < -0.3 is 36.1 Å². The minimum Gasteiger partial charge on any atom is -0.363 e. The molecule has 5 amide bonds. The van der Waals surface area contributed by atoms with E-state index in [9.17, 15) is 24.0 Å². The second-order valence-corrected chi connectivity index (χ2v) is 12.4. The first-order valence-electron chi connectivity index (χ1n) is 12.8. The monoisotopic (exact) mass is 537 g/mol. The average Bonchev–Trinajstić information content (AvgIpc) is 3.23. The number of nitrogens with one attached hydrogen (secondary N) is 3. The van der Waals surface area contributed by atoms with Crippen LogP contribution in [0.5, 0.6) is 0 Å². The van der Waals surface area contributed by atoms with Crippen molar-refractivity contribution in [3.63, 3.8) is 0 Å². The van der Waals surface area contributed by atoms with Crippen LogP contribution in [0.1, 0.15) is 68.2 Å². The summed E-state index contributed by atoms with van der Waals surface area (Å²) in [4.78, 5) is 65.6. The topological polar surface area (TPSA) is 169 Å². The van der Waals surface area contributed by atoms with E-state index in [-0.39, 0.29) is 13.0 Å². The molecular formula is C26H43N5O7. The van der Waals surface area contributed by atoms with Gasteiger partial charge in [0.2, 0.25) is 17.6 Å². The fourth-order valence-electron chi connectivity index (χ4n) is 4.58. The minimum atomic E-state index is -1.20. The number of hydrogen-bond acceptors (Lipinski definition) is 7. The molecule has 0 saturated carbocycles. The smallest absolute Gasteiger partial charge is 0.315 e. The first-order valence-corrected chi connectivity index (χ1v) is 12.8. The molecule has 2 aliphatic rings. The largest absolute Gasteiger partial charge is 0.363 e. The van der Waals surface area contributed by atoms with Crippen molar-refractivity contribution in [3.8, 4) is 0 Å². The lowest BCUT2D eigenvalue weighted by Gasteiger charge is -2.37. The summed E-state index contributed by atoms with van der Waals surface area (Å²) in [5.41, 5.74) is 3.93. The van der Waals surface area contributed by atoms with E-state index in [0.29, 0.717) is 6.42 Å². The molecule has 5 N–H and O–H groups in total. The molecule has 214 valence electrons. The number of ether oxygens (including phenoxy) is 2. The lowest BCUT2D eigenvalue weighted by atomic mass is 9.85. The average molecular weight is 538 g/mol. The molecule has 5 atom stereocenters. The number of ketones is 1. The SMILES string of the molecule is C=CCCC(NC(=O)[C@@H]1C2OC(C)(C)OC2CN1C(=O)[C@@H](NC(=O)NC(C)(C)C)C(C)(C)C)C(=O)C(N)=O. The summed E-state index contributed by atoms with van der Waals surface area (Å²) in [6, 6.07) is -3.91. The zero-order chi connectivity index (χ0) is 29.2. The summed E-state index contributed by atoms with van der Waals surface area (Å²) in [7, 11) is 0. The van der Waals surface area contributed by atoms with E-state index in [1.54, 1.807) is 40.7 Å². The number of fused-ring (bicyclic) bond motifs is 1. The molecule has 3 unspecified atom stereocenters. The van der Waals surface area contributed by atoms with Crippen LogP contribution in [0.25, 0.3) is 0 Å². The molecule has 2 aliphatic heterocycles. The number of hydrogen-bond donors (Lipinski definition) is 4. The number of amides is 5. The Morgan fingerprint density at radius 3 is 2.18 bits per heavy atom. The van der Waals surface area contributed by atoms with Gasteiger partial charge in [0.05, 0.1) is 12.6 Å². The van der Waals surface area contributed by atoms with Crippen molar-refractivity contribution < 1.29 is 33.4 Å². The molecule has 0 aromatic carbocycles. The van der Waals surface area contributed by atoms with E-state index in [1.807, 2.05) is 20.8 Å². The molecule has 0 aliphatic carbocycles. The van der Waals surface area contributed by atoms with Gasteiger partial charge in [-0.2, -0.15) is 0 Å². The predicted molar refractivity (Wildman–Crippen MR) is 140 cm³/mol. The van der Waals surface area contributed by atoms with Gasteiger partial charge >= 0.3 is 6.03 Å². The van der Waals surface area contributed by atoms with Crippen molar-refractivity contribution in [3.05, 3.63) is 12.7 Å². The van der Waals surface area contributed by atoms with Crippen molar-refractivity contribution in [2.45, 2.75) is 110 Å². The third kappa shape index (κ3) is 7.76. The van der Waals surface area contributed by atoms with Gasteiger partial charge in [0.1, 0.15) is 24.3 Å². The highest BCUT2D eigenvalue weighted by Gasteiger charge is 2.58. The molecule has 2 saturated heterocycles. The number of allylic oxidation sites excluding steroid dienone is 1. The molecule has 0 radical (unpaired) electrons. The number of nitrogens with two attached hydrogens (primary N) is 1. The van der Waals surface area contributed by atoms with E-state index in [2.05, 4.69) is 22.5 Å². The Morgan fingerprint density at radius 1 is 1.08 bits per heavy atom. The fraction of sp³-hybridized carbons (Fsp3) is 0.731. The summed E-state index contributed by atoms with van der Waals surface area (Å²) in [5, 5.41) is 8.12. The highest BCUT2D eigenvalue weighted by Crippen LogP contribution is 2.38. The Hall–Kier alpha value is -2.99. The first-order chi connectivity index (χ1) is 17.3. The molecule has 2 rings (SSSR count). The van der Waals surface area contributed by atoms with E-state index in [1.165, 1.54) is 4.90 Å². The molecule has 2 fully saturated rings. The number of carbonyl (C=O) groups is 5. The van der Waals surface area contributed by atoms with Crippen LogP contribution in [0.4, 0.5) is 4.79 Å². The Kier molecular flexibility index (Phi) is 9.37. The summed E-state index contributed by atoms with van der Waals surface area (Å²) < 4.78 is 12.0. The second kappa shape index (κ2) is 11.4. The number of Topliss-reactive ketones (excluding diaryl/α,β-unsaturated/α-hetero) is 1. The summed E-state index contributed by atoms with van der Waals surface area (Å²) >= 11 is 0. The van der Waals surface area contributed by atoms with Crippen LogP contribution in [0.2, 0.25) is 0 Å². The third-order valence-electron chi connectivity index (χ3n) is 6.21.